The molecule has 0 heterocycles. The molecule has 1 aromatic carbocycles. The molecule has 0 spiro atoms. The number of ether oxygens (including phenoxy) is 1. The summed E-state index contributed by atoms with van der Waals surface area (Å²) in [5.41, 5.74) is -0.440. The number of carbonyl (C=O) groups is 1. The molecule has 1 aliphatic rings. The van der Waals surface area contributed by atoms with Crippen LogP contribution in [0.25, 0.3) is 0 Å². The topological polar surface area (TPSA) is 58.6 Å². The van der Waals surface area contributed by atoms with E-state index in [9.17, 15) is 9.90 Å². The number of nitrogens with one attached hydrogen (secondary N) is 1. The summed E-state index contributed by atoms with van der Waals surface area (Å²) in [5, 5.41) is 12.6. The molecule has 1 atom stereocenters. The summed E-state index contributed by atoms with van der Waals surface area (Å²) < 4.78 is 5.91. The van der Waals surface area contributed by atoms with Crippen molar-refractivity contribution in [2.24, 2.45) is 0 Å². The van der Waals surface area contributed by atoms with E-state index in [0.29, 0.717) is 0 Å². The molecule has 20 heavy (non-hydrogen) atoms. The number of rotatable bonds is 6. The zero-order chi connectivity index (χ0) is 14.4. The van der Waals surface area contributed by atoms with Gasteiger partial charge in [0.2, 0.25) is 0 Å². The molecule has 0 radical (unpaired) electrons. The fourth-order valence-corrected chi connectivity index (χ4v) is 2.79. The van der Waals surface area contributed by atoms with Crippen LogP contribution >= 0.6 is 0 Å². The molecule has 1 aliphatic carbocycles. The zero-order valence-corrected chi connectivity index (χ0v) is 12.0. The van der Waals surface area contributed by atoms with Crippen LogP contribution < -0.4 is 5.32 Å². The molecule has 0 aliphatic heterocycles. The molecule has 2 N–H and O–H groups in total. The van der Waals surface area contributed by atoms with Crippen molar-refractivity contribution < 1.29 is 14.6 Å². The summed E-state index contributed by atoms with van der Waals surface area (Å²) in [6.45, 7) is 0.160. The van der Waals surface area contributed by atoms with Crippen LogP contribution in [-0.2, 0) is 15.1 Å². The number of carboxylic acids is 1. The smallest absolute Gasteiger partial charge is 0.330 e. The average molecular weight is 277 g/mol. The maximum atomic E-state index is 11.8. The highest BCUT2D eigenvalue weighted by atomic mass is 16.5. The van der Waals surface area contributed by atoms with Gasteiger partial charge in [0.15, 0.2) is 5.54 Å². The number of aliphatic carboxylic acids is 1. The summed E-state index contributed by atoms with van der Waals surface area (Å²) in [7, 11) is 1.67. The lowest BCUT2D eigenvalue weighted by Gasteiger charge is -2.32. The Bertz CT molecular complexity index is 429. The average Bonchev–Trinajstić information content (AvgIpc) is 2.50. The second-order valence-corrected chi connectivity index (χ2v) is 5.40. The molecule has 0 bridgehead atoms. The Morgan fingerprint density at radius 3 is 2.50 bits per heavy atom. The molecular weight excluding hydrogens is 254 g/mol. The first-order valence-electron chi connectivity index (χ1n) is 7.28. The van der Waals surface area contributed by atoms with Gasteiger partial charge < -0.3 is 9.84 Å². The zero-order valence-electron chi connectivity index (χ0n) is 12.0. The molecule has 0 saturated heterocycles. The predicted octanol–water partition coefficient (Wildman–Crippen LogP) is 2.54. The van der Waals surface area contributed by atoms with Gasteiger partial charge in [-0.15, -0.1) is 0 Å². The Kier molecular flexibility index (Phi) is 5.15. The van der Waals surface area contributed by atoms with Crippen molar-refractivity contribution in [1.82, 2.24) is 5.32 Å². The van der Waals surface area contributed by atoms with E-state index in [-0.39, 0.29) is 12.7 Å². The molecule has 1 aromatic rings. The van der Waals surface area contributed by atoms with Gasteiger partial charge in [0, 0.05) is 0 Å². The third-order valence-corrected chi connectivity index (χ3v) is 4.15. The maximum absolute atomic E-state index is 11.8. The monoisotopic (exact) mass is 277 g/mol. The molecule has 2 rings (SSSR count). The number of likely N-dealkylation sites (N-methyl/N-ethyl adjacent to an activating group) is 1. The molecule has 4 nitrogen and oxygen atoms in total. The maximum Gasteiger partial charge on any atom is 0.330 e. The molecule has 4 heteroatoms. The molecule has 1 unspecified atom stereocenters. The lowest BCUT2D eigenvalue weighted by molar-refractivity contribution is -0.149. The SMILES string of the molecule is CNC(COC1CCCCC1)(C(=O)O)c1ccccc1. The fourth-order valence-electron chi connectivity index (χ4n) is 2.79. The number of carboxylic acid groups (broad SMARTS) is 1. The Morgan fingerprint density at radius 2 is 1.95 bits per heavy atom. The van der Waals surface area contributed by atoms with Crippen molar-refractivity contribution in [3.63, 3.8) is 0 Å². The van der Waals surface area contributed by atoms with Crippen LogP contribution in [0.15, 0.2) is 30.3 Å². The van der Waals surface area contributed by atoms with E-state index in [1.807, 2.05) is 30.3 Å². The summed E-state index contributed by atoms with van der Waals surface area (Å²) in [6, 6.07) is 9.24. The molecule has 110 valence electrons. The van der Waals surface area contributed by atoms with Crippen molar-refractivity contribution in [3.8, 4) is 0 Å². The minimum atomic E-state index is -1.17. The van der Waals surface area contributed by atoms with Gasteiger partial charge >= 0.3 is 5.97 Å². The van der Waals surface area contributed by atoms with Gasteiger partial charge in [0.25, 0.3) is 0 Å². The van der Waals surface area contributed by atoms with Crippen LogP contribution in [0.4, 0.5) is 0 Å². The van der Waals surface area contributed by atoms with Crippen LogP contribution in [-0.4, -0.2) is 30.8 Å². The van der Waals surface area contributed by atoms with Crippen LogP contribution in [0.2, 0.25) is 0 Å². The van der Waals surface area contributed by atoms with Gasteiger partial charge in [0.1, 0.15) is 0 Å². The number of hydrogen-bond donors (Lipinski definition) is 2. The van der Waals surface area contributed by atoms with Gasteiger partial charge in [-0.25, -0.2) is 4.79 Å². The molecule has 1 saturated carbocycles. The second-order valence-electron chi connectivity index (χ2n) is 5.40. The second kappa shape index (κ2) is 6.86. The largest absolute Gasteiger partial charge is 0.480 e. The normalized spacial score (nSPS) is 19.4. The Morgan fingerprint density at radius 1 is 1.30 bits per heavy atom. The van der Waals surface area contributed by atoms with Crippen molar-refractivity contribution in [3.05, 3.63) is 35.9 Å². The summed E-state index contributed by atoms with van der Waals surface area (Å²) >= 11 is 0. The van der Waals surface area contributed by atoms with E-state index in [1.165, 1.54) is 19.3 Å². The van der Waals surface area contributed by atoms with Crippen molar-refractivity contribution in [2.45, 2.75) is 43.7 Å². The number of benzene rings is 1. The van der Waals surface area contributed by atoms with Gasteiger partial charge in [-0.3, -0.25) is 5.32 Å². The summed E-state index contributed by atoms with van der Waals surface area (Å²) in [4.78, 5) is 11.8. The van der Waals surface area contributed by atoms with Gasteiger partial charge in [0.05, 0.1) is 12.7 Å². The highest BCUT2D eigenvalue weighted by molar-refractivity contribution is 5.81. The van der Waals surface area contributed by atoms with Crippen LogP contribution in [0.1, 0.15) is 37.7 Å². The standard InChI is InChI=1S/C16H23NO3/c1-17-16(15(18)19,13-8-4-2-5-9-13)12-20-14-10-6-3-7-11-14/h2,4-5,8-9,14,17H,3,6-7,10-12H2,1H3,(H,18,19). The summed E-state index contributed by atoms with van der Waals surface area (Å²) in [6.07, 6.45) is 5.88. The first-order chi connectivity index (χ1) is 9.69. The van der Waals surface area contributed by atoms with Crippen LogP contribution in [0, 0.1) is 0 Å². The lowest BCUT2D eigenvalue weighted by Crippen LogP contribution is -2.51. The lowest BCUT2D eigenvalue weighted by atomic mass is 9.90. The quantitative estimate of drug-likeness (QED) is 0.839. The predicted molar refractivity (Wildman–Crippen MR) is 77.6 cm³/mol. The van der Waals surface area contributed by atoms with E-state index in [0.717, 1.165) is 18.4 Å². The molecular formula is C16H23NO3. The molecule has 1 fully saturated rings. The summed E-state index contributed by atoms with van der Waals surface area (Å²) in [5.74, 6) is -0.901. The van der Waals surface area contributed by atoms with Crippen molar-refractivity contribution >= 4 is 5.97 Å². The third kappa shape index (κ3) is 3.19. The first-order valence-corrected chi connectivity index (χ1v) is 7.28. The van der Waals surface area contributed by atoms with Crippen LogP contribution in [0.3, 0.4) is 0 Å². The Balaban J connectivity index is 2.12. The van der Waals surface area contributed by atoms with Gasteiger partial charge in [-0.1, -0.05) is 49.6 Å². The number of hydrogen-bond acceptors (Lipinski definition) is 3. The van der Waals surface area contributed by atoms with Crippen molar-refractivity contribution in [2.75, 3.05) is 13.7 Å². The minimum absolute atomic E-state index is 0.160. The van der Waals surface area contributed by atoms with E-state index in [1.54, 1.807) is 7.05 Å². The fraction of sp³-hybridized carbons (Fsp3) is 0.562. The third-order valence-electron chi connectivity index (χ3n) is 4.15. The van der Waals surface area contributed by atoms with Gasteiger partial charge in [-0.2, -0.15) is 0 Å². The minimum Gasteiger partial charge on any atom is -0.480 e. The Labute approximate surface area is 120 Å². The van der Waals surface area contributed by atoms with E-state index in [2.05, 4.69) is 5.32 Å². The van der Waals surface area contributed by atoms with Crippen molar-refractivity contribution in [1.29, 1.82) is 0 Å². The first kappa shape index (κ1) is 15.0. The molecule has 0 amide bonds. The highest BCUT2D eigenvalue weighted by Crippen LogP contribution is 2.26. The molecule has 0 aromatic heterocycles. The Hall–Kier alpha value is -1.39. The van der Waals surface area contributed by atoms with Crippen LogP contribution in [0.5, 0.6) is 0 Å². The highest BCUT2D eigenvalue weighted by Gasteiger charge is 2.40. The van der Waals surface area contributed by atoms with E-state index < -0.39 is 11.5 Å². The van der Waals surface area contributed by atoms with E-state index in [4.69, 9.17) is 4.74 Å². The van der Waals surface area contributed by atoms with Gasteiger partial charge in [-0.05, 0) is 25.5 Å². The van der Waals surface area contributed by atoms with E-state index >= 15 is 0 Å².